The van der Waals surface area contributed by atoms with Crippen molar-refractivity contribution in [3.63, 3.8) is 0 Å². The van der Waals surface area contributed by atoms with Gasteiger partial charge in [0.15, 0.2) is 0 Å². The van der Waals surface area contributed by atoms with Crippen molar-refractivity contribution < 1.29 is 0 Å². The molecular formula is C17H27ClN2S. The lowest BCUT2D eigenvalue weighted by molar-refractivity contribution is 0.0464. The van der Waals surface area contributed by atoms with Crippen LogP contribution in [0.1, 0.15) is 50.8 Å². The second-order valence-electron chi connectivity index (χ2n) is 6.93. The van der Waals surface area contributed by atoms with E-state index >= 15 is 0 Å². The van der Waals surface area contributed by atoms with Crippen molar-refractivity contribution in [2.24, 2.45) is 5.92 Å². The molecule has 0 bridgehead atoms. The Morgan fingerprint density at radius 1 is 1.43 bits per heavy atom. The maximum absolute atomic E-state index is 6.11. The molecule has 0 amide bonds. The molecular weight excluding hydrogens is 300 g/mol. The Balaban J connectivity index is 1.75. The van der Waals surface area contributed by atoms with Crippen LogP contribution in [-0.2, 0) is 6.54 Å². The second-order valence-corrected chi connectivity index (χ2v) is 8.73. The highest BCUT2D eigenvalue weighted by Gasteiger charge is 2.42. The van der Waals surface area contributed by atoms with Crippen LogP contribution in [0, 0.1) is 5.92 Å². The summed E-state index contributed by atoms with van der Waals surface area (Å²) in [5.41, 5.74) is 0.394. The van der Waals surface area contributed by atoms with Gasteiger partial charge in [0.1, 0.15) is 0 Å². The fourth-order valence-corrected chi connectivity index (χ4v) is 5.16. The minimum absolute atomic E-state index is 0.394. The van der Waals surface area contributed by atoms with Crippen LogP contribution in [0.5, 0.6) is 0 Å². The number of nitrogens with zero attached hydrogens (tertiary/aromatic N) is 1. The van der Waals surface area contributed by atoms with Gasteiger partial charge in [0.05, 0.1) is 4.34 Å². The number of halogens is 1. The molecule has 2 unspecified atom stereocenters. The van der Waals surface area contributed by atoms with Gasteiger partial charge in [-0.25, -0.2) is 0 Å². The number of thiophene rings is 1. The van der Waals surface area contributed by atoms with E-state index in [1.54, 1.807) is 11.3 Å². The van der Waals surface area contributed by atoms with E-state index in [9.17, 15) is 0 Å². The predicted octanol–water partition coefficient (Wildman–Crippen LogP) is 4.53. The van der Waals surface area contributed by atoms with Crippen LogP contribution < -0.4 is 5.32 Å². The Hall–Kier alpha value is -0.0900. The van der Waals surface area contributed by atoms with Crippen LogP contribution in [0.25, 0.3) is 0 Å². The highest BCUT2D eigenvalue weighted by Crippen LogP contribution is 2.36. The molecule has 1 aromatic rings. The van der Waals surface area contributed by atoms with Crippen molar-refractivity contribution in [3.05, 3.63) is 21.3 Å². The summed E-state index contributed by atoms with van der Waals surface area (Å²) in [7, 11) is 0. The van der Waals surface area contributed by atoms with Crippen LogP contribution in [0.4, 0.5) is 0 Å². The van der Waals surface area contributed by atoms with Crippen LogP contribution in [0.3, 0.4) is 0 Å². The van der Waals surface area contributed by atoms with E-state index in [0.717, 1.165) is 23.3 Å². The fraction of sp³-hybridized carbons (Fsp3) is 0.765. The Morgan fingerprint density at radius 2 is 2.19 bits per heavy atom. The molecule has 1 aliphatic heterocycles. The summed E-state index contributed by atoms with van der Waals surface area (Å²) in [5.74, 6) is 0.742. The Bertz CT molecular complexity index is 467. The zero-order chi connectivity index (χ0) is 14.9. The first-order chi connectivity index (χ1) is 10.1. The molecule has 3 rings (SSSR count). The zero-order valence-corrected chi connectivity index (χ0v) is 14.8. The smallest absolute Gasteiger partial charge is 0.0931 e. The lowest BCUT2D eigenvalue weighted by Crippen LogP contribution is -2.64. The van der Waals surface area contributed by atoms with E-state index in [0.29, 0.717) is 11.6 Å². The second kappa shape index (κ2) is 6.57. The van der Waals surface area contributed by atoms with Crippen LogP contribution in [-0.4, -0.2) is 29.6 Å². The topological polar surface area (TPSA) is 15.3 Å². The normalized spacial score (nSPS) is 27.3. The molecule has 2 aliphatic rings. The van der Waals surface area contributed by atoms with Gasteiger partial charge in [0.25, 0.3) is 0 Å². The van der Waals surface area contributed by atoms with Gasteiger partial charge in [0, 0.05) is 36.1 Å². The van der Waals surface area contributed by atoms with Crippen molar-refractivity contribution in [2.45, 2.75) is 64.1 Å². The van der Waals surface area contributed by atoms with Crippen LogP contribution in [0.2, 0.25) is 4.34 Å². The summed E-state index contributed by atoms with van der Waals surface area (Å²) in [6.07, 6.45) is 6.73. The first-order valence-electron chi connectivity index (χ1n) is 8.35. The van der Waals surface area contributed by atoms with E-state index < -0.39 is 0 Å². The zero-order valence-electron chi connectivity index (χ0n) is 13.2. The van der Waals surface area contributed by atoms with Crippen LogP contribution in [0.15, 0.2) is 12.1 Å². The number of rotatable bonds is 4. The van der Waals surface area contributed by atoms with Gasteiger partial charge in [-0.15, -0.1) is 11.3 Å². The molecule has 118 valence electrons. The lowest BCUT2D eigenvalue weighted by atomic mass is 9.87. The molecule has 2 nitrogen and oxygen atoms in total. The van der Waals surface area contributed by atoms with E-state index in [4.69, 9.17) is 11.6 Å². The SMILES string of the molecule is CCC(C)C1CNC2(CCCC2)CN1Cc1ccc(Cl)s1. The third kappa shape index (κ3) is 3.47. The Morgan fingerprint density at radius 3 is 2.81 bits per heavy atom. The van der Waals surface area contributed by atoms with Gasteiger partial charge in [-0.3, -0.25) is 4.90 Å². The fourth-order valence-electron chi connectivity index (χ4n) is 4.04. The molecule has 2 heterocycles. The molecule has 1 aromatic heterocycles. The molecule has 2 fully saturated rings. The average Bonchev–Trinajstić information content (AvgIpc) is 3.08. The molecule has 1 saturated heterocycles. The third-order valence-electron chi connectivity index (χ3n) is 5.51. The van der Waals surface area contributed by atoms with Crippen LogP contribution >= 0.6 is 22.9 Å². The van der Waals surface area contributed by atoms with Crippen molar-refractivity contribution in [1.29, 1.82) is 0 Å². The molecule has 2 atom stereocenters. The summed E-state index contributed by atoms with van der Waals surface area (Å²) in [4.78, 5) is 4.14. The first kappa shape index (κ1) is 15.8. The standard InChI is InChI=1S/C17H27ClN2S/c1-3-13(2)15-10-19-17(8-4-5-9-17)12-20(15)11-14-6-7-16(18)21-14/h6-7,13,15,19H,3-5,8-12H2,1-2H3. The summed E-state index contributed by atoms with van der Waals surface area (Å²) in [5, 5.41) is 3.92. The molecule has 4 heteroatoms. The maximum Gasteiger partial charge on any atom is 0.0931 e. The number of piperazine rings is 1. The minimum atomic E-state index is 0.394. The summed E-state index contributed by atoms with van der Waals surface area (Å²) >= 11 is 7.85. The Kier molecular flexibility index (Phi) is 4.94. The molecule has 21 heavy (non-hydrogen) atoms. The molecule has 0 radical (unpaired) electrons. The lowest BCUT2D eigenvalue weighted by Gasteiger charge is -2.48. The molecule has 0 aromatic carbocycles. The quantitative estimate of drug-likeness (QED) is 0.874. The van der Waals surface area contributed by atoms with E-state index in [2.05, 4.69) is 30.1 Å². The molecule has 1 N–H and O–H groups in total. The van der Waals surface area contributed by atoms with Gasteiger partial charge in [-0.2, -0.15) is 0 Å². The van der Waals surface area contributed by atoms with Gasteiger partial charge < -0.3 is 5.32 Å². The van der Waals surface area contributed by atoms with E-state index in [1.807, 2.05) is 6.07 Å². The van der Waals surface area contributed by atoms with Crippen molar-refractivity contribution in [1.82, 2.24) is 10.2 Å². The monoisotopic (exact) mass is 326 g/mol. The predicted molar refractivity (Wildman–Crippen MR) is 92.2 cm³/mol. The molecule has 1 spiro atoms. The van der Waals surface area contributed by atoms with E-state index in [-0.39, 0.29) is 0 Å². The number of hydrogen-bond donors (Lipinski definition) is 1. The summed E-state index contributed by atoms with van der Waals surface area (Å²) in [6, 6.07) is 4.89. The molecule has 1 saturated carbocycles. The van der Waals surface area contributed by atoms with Gasteiger partial charge in [-0.05, 0) is 30.9 Å². The first-order valence-corrected chi connectivity index (χ1v) is 9.55. The summed E-state index contributed by atoms with van der Waals surface area (Å²) < 4.78 is 0.913. The van der Waals surface area contributed by atoms with E-state index in [1.165, 1.54) is 43.5 Å². The van der Waals surface area contributed by atoms with Crippen molar-refractivity contribution >= 4 is 22.9 Å². The maximum atomic E-state index is 6.11. The average molecular weight is 327 g/mol. The van der Waals surface area contributed by atoms with Crippen molar-refractivity contribution in [2.75, 3.05) is 13.1 Å². The van der Waals surface area contributed by atoms with Crippen molar-refractivity contribution in [3.8, 4) is 0 Å². The highest BCUT2D eigenvalue weighted by atomic mass is 35.5. The van der Waals surface area contributed by atoms with Gasteiger partial charge >= 0.3 is 0 Å². The molecule has 1 aliphatic carbocycles. The number of hydrogen-bond acceptors (Lipinski definition) is 3. The van der Waals surface area contributed by atoms with Gasteiger partial charge in [-0.1, -0.05) is 44.7 Å². The van der Waals surface area contributed by atoms with Gasteiger partial charge in [0.2, 0.25) is 0 Å². The Labute approximate surface area is 137 Å². The number of nitrogens with one attached hydrogen (secondary N) is 1. The largest absolute Gasteiger partial charge is 0.308 e. The minimum Gasteiger partial charge on any atom is -0.308 e. The summed E-state index contributed by atoms with van der Waals surface area (Å²) in [6.45, 7) is 8.12. The third-order valence-corrected chi connectivity index (χ3v) is 6.73. The highest BCUT2D eigenvalue weighted by molar-refractivity contribution is 7.16.